The van der Waals surface area contributed by atoms with E-state index in [0.717, 1.165) is 71.0 Å². The third kappa shape index (κ3) is 17.3. The Labute approximate surface area is 381 Å². The molecule has 0 bridgehead atoms. The van der Waals surface area contributed by atoms with Gasteiger partial charge < -0.3 is 59.4 Å². The summed E-state index contributed by atoms with van der Waals surface area (Å²) >= 11 is 0. The predicted molar refractivity (Wildman–Crippen MR) is 244 cm³/mol. The van der Waals surface area contributed by atoms with Gasteiger partial charge >= 0.3 is 52.4 Å². The van der Waals surface area contributed by atoms with Gasteiger partial charge in [-0.3, -0.25) is 0 Å². The van der Waals surface area contributed by atoms with Gasteiger partial charge in [0.05, 0.1) is 0 Å². The SMILES string of the molecule is CCC1CCC2C=CC=CC21.CCC1CCC2C=CC=CC21.CCC1CCC2C=CC=CC21.CCC1CCC2C=CC=CC21.[CH3-].[CH3-].[CH3-].[CH3-].[CH3-].[CH3-].[CH3-].[CH3-].[Zr+4].[Zr+4]. The Hall–Kier alpha value is -0.314. The van der Waals surface area contributed by atoms with Crippen molar-refractivity contribution in [3.05, 3.63) is 157 Å². The van der Waals surface area contributed by atoms with Crippen LogP contribution in [0.1, 0.15) is 105 Å². The van der Waals surface area contributed by atoms with E-state index in [4.69, 9.17) is 0 Å². The fourth-order valence-electron chi connectivity index (χ4n) is 10.2. The molecule has 304 valence electrons. The van der Waals surface area contributed by atoms with Crippen LogP contribution in [0.15, 0.2) is 97.2 Å². The van der Waals surface area contributed by atoms with Gasteiger partial charge in [-0.05, 0) is 122 Å². The number of allylic oxidation sites excluding steroid dienone is 16. The smallest absolute Gasteiger partial charge is 0.358 e. The molecule has 12 unspecified atom stereocenters. The van der Waals surface area contributed by atoms with E-state index in [2.05, 4.69) is 125 Å². The van der Waals surface area contributed by atoms with E-state index in [-0.39, 0.29) is 112 Å². The molecule has 0 aliphatic heterocycles. The van der Waals surface area contributed by atoms with Gasteiger partial charge in [0.1, 0.15) is 0 Å². The van der Waals surface area contributed by atoms with Gasteiger partial charge in [0.15, 0.2) is 0 Å². The van der Waals surface area contributed by atoms with Crippen molar-refractivity contribution in [3.8, 4) is 0 Å². The Morgan fingerprint density at radius 2 is 0.444 bits per heavy atom. The van der Waals surface area contributed by atoms with Crippen LogP contribution in [0.4, 0.5) is 0 Å². The van der Waals surface area contributed by atoms with Crippen molar-refractivity contribution in [2.75, 3.05) is 0 Å². The van der Waals surface area contributed by atoms with Crippen LogP contribution in [0.25, 0.3) is 0 Å². The first-order chi connectivity index (χ1) is 21.7. The summed E-state index contributed by atoms with van der Waals surface area (Å²) in [7, 11) is 0. The molecule has 0 spiro atoms. The Bertz CT molecular complexity index is 941. The summed E-state index contributed by atoms with van der Waals surface area (Å²) in [6.45, 7) is 9.27. The Morgan fingerprint density at radius 1 is 0.278 bits per heavy atom. The van der Waals surface area contributed by atoms with Gasteiger partial charge in [-0.1, -0.05) is 151 Å². The van der Waals surface area contributed by atoms with Crippen LogP contribution < -0.4 is 0 Å². The first-order valence-electron chi connectivity index (χ1n) is 19.1. The van der Waals surface area contributed by atoms with Crippen LogP contribution in [0, 0.1) is 130 Å². The van der Waals surface area contributed by atoms with Crippen molar-refractivity contribution >= 4 is 0 Å². The number of rotatable bonds is 4. The molecule has 4 fully saturated rings. The second-order valence-corrected chi connectivity index (χ2v) is 15.0. The molecule has 0 aromatic carbocycles. The summed E-state index contributed by atoms with van der Waals surface area (Å²) in [6.07, 6.45) is 53.8. The fraction of sp³-hybridized carbons (Fsp3) is 0.538. The van der Waals surface area contributed by atoms with Gasteiger partial charge in [0.2, 0.25) is 0 Å². The molecule has 0 radical (unpaired) electrons. The second-order valence-electron chi connectivity index (χ2n) is 15.0. The number of hydrogen-bond acceptors (Lipinski definition) is 0. The fourth-order valence-corrected chi connectivity index (χ4v) is 10.2. The molecular weight excluding hydrogens is 807 g/mol. The van der Waals surface area contributed by atoms with E-state index in [0.29, 0.717) is 0 Å². The summed E-state index contributed by atoms with van der Waals surface area (Å²) < 4.78 is 0. The van der Waals surface area contributed by atoms with Crippen molar-refractivity contribution in [2.45, 2.75) is 105 Å². The predicted octanol–water partition coefficient (Wildman–Crippen LogP) is 16.3. The molecule has 0 amide bonds. The normalized spacial score (nSPS) is 33.4. The minimum atomic E-state index is 0. The van der Waals surface area contributed by atoms with Gasteiger partial charge in [-0.15, -0.1) is 0 Å². The molecule has 8 aliphatic rings. The summed E-state index contributed by atoms with van der Waals surface area (Å²) in [5, 5.41) is 0. The van der Waals surface area contributed by atoms with Crippen LogP contribution >= 0.6 is 0 Å². The topological polar surface area (TPSA) is 0 Å². The minimum Gasteiger partial charge on any atom is -0.358 e. The van der Waals surface area contributed by atoms with E-state index in [1.54, 1.807) is 0 Å². The zero-order chi connectivity index (χ0) is 30.7. The molecule has 0 N–H and O–H groups in total. The molecule has 0 saturated heterocycles. The molecule has 0 heterocycles. The Kier molecular flexibility index (Phi) is 42.1. The Balaban J connectivity index is -0.000000134. The van der Waals surface area contributed by atoms with Crippen LogP contribution in [-0.4, -0.2) is 0 Å². The molecule has 8 rings (SSSR count). The minimum absolute atomic E-state index is 0. The van der Waals surface area contributed by atoms with E-state index in [1.807, 2.05) is 0 Å². The van der Waals surface area contributed by atoms with Gasteiger partial charge in [0, 0.05) is 0 Å². The molecule has 0 nitrogen and oxygen atoms in total. The summed E-state index contributed by atoms with van der Waals surface area (Å²) in [4.78, 5) is 0. The summed E-state index contributed by atoms with van der Waals surface area (Å²) in [5.74, 6) is 10.9. The monoisotopic (exact) mass is 892 g/mol. The average Bonchev–Trinajstić information content (AvgIpc) is 3.89. The molecule has 2 heteroatoms. The summed E-state index contributed by atoms with van der Waals surface area (Å²) in [5.41, 5.74) is 0. The molecule has 0 aromatic rings. The Morgan fingerprint density at radius 3 is 0.611 bits per heavy atom. The molecule has 4 saturated carbocycles. The van der Waals surface area contributed by atoms with Crippen molar-refractivity contribution < 1.29 is 52.4 Å². The van der Waals surface area contributed by atoms with Gasteiger partial charge in [-0.25, -0.2) is 0 Å². The molecule has 54 heavy (non-hydrogen) atoms. The maximum atomic E-state index is 2.41. The van der Waals surface area contributed by atoms with Gasteiger partial charge in [-0.2, -0.15) is 0 Å². The molecule has 0 aromatic heterocycles. The third-order valence-electron chi connectivity index (χ3n) is 12.9. The largest absolute Gasteiger partial charge is 4.00 e. The standard InChI is InChI=1S/4C11H16.8CH3.2Zr/c4*1-2-9-7-8-10-5-3-4-6-11(9)10;;;;;;;;;;/h4*3-6,9-11H,2,7-8H2,1H3;8*1H3;;/q;;;;8*-1;2*+4. The van der Waals surface area contributed by atoms with E-state index in [1.165, 1.54) is 77.0 Å². The van der Waals surface area contributed by atoms with Crippen molar-refractivity contribution in [2.24, 2.45) is 71.0 Å². The zero-order valence-corrected chi connectivity index (χ0v) is 42.6. The van der Waals surface area contributed by atoms with E-state index >= 15 is 0 Å². The quantitative estimate of drug-likeness (QED) is 0.247. The third-order valence-corrected chi connectivity index (χ3v) is 12.9. The second kappa shape index (κ2) is 34.7. The molecule has 8 aliphatic carbocycles. The molecular formula is C52H88Zr2. The maximum absolute atomic E-state index is 2.41. The van der Waals surface area contributed by atoms with Crippen LogP contribution in [0.3, 0.4) is 0 Å². The maximum Gasteiger partial charge on any atom is 4.00 e. The van der Waals surface area contributed by atoms with Crippen LogP contribution in [0.2, 0.25) is 0 Å². The van der Waals surface area contributed by atoms with Crippen LogP contribution in [0.5, 0.6) is 0 Å². The number of hydrogen-bond donors (Lipinski definition) is 0. The first kappa shape index (κ1) is 65.5. The number of fused-ring (bicyclic) bond motifs is 4. The van der Waals surface area contributed by atoms with Crippen molar-refractivity contribution in [1.82, 2.24) is 0 Å². The van der Waals surface area contributed by atoms with Gasteiger partial charge in [0.25, 0.3) is 0 Å². The van der Waals surface area contributed by atoms with Crippen molar-refractivity contribution in [1.29, 1.82) is 0 Å². The summed E-state index contributed by atoms with van der Waals surface area (Å²) in [6, 6.07) is 0. The van der Waals surface area contributed by atoms with E-state index < -0.39 is 0 Å². The average molecular weight is 896 g/mol. The first-order valence-corrected chi connectivity index (χ1v) is 19.1. The van der Waals surface area contributed by atoms with Crippen molar-refractivity contribution in [3.63, 3.8) is 0 Å². The van der Waals surface area contributed by atoms with Crippen LogP contribution in [-0.2, 0) is 52.4 Å². The van der Waals surface area contributed by atoms with E-state index in [9.17, 15) is 0 Å². The zero-order valence-electron chi connectivity index (χ0n) is 37.7. The molecule has 12 atom stereocenters.